The number of aromatic nitrogens is 1. The minimum Gasteiger partial charge on any atom is -0.360 e. The number of benzene rings is 1. The number of carbonyl (C=O) groups is 2. The van der Waals surface area contributed by atoms with Crippen LogP contribution < -0.4 is 5.32 Å². The number of nitrogens with zero attached hydrogens (tertiary/aromatic N) is 4. The number of carbonyl (C=O) groups excluding carboxylic acids is 2. The summed E-state index contributed by atoms with van der Waals surface area (Å²) in [6.07, 6.45) is 0. The normalized spacial score (nSPS) is 14.8. The lowest BCUT2D eigenvalue weighted by Crippen LogP contribution is -2.50. The minimum absolute atomic E-state index is 0.0512. The van der Waals surface area contributed by atoms with Crippen LogP contribution in [0.1, 0.15) is 16.1 Å². The Kier molecular flexibility index (Phi) is 5.46. The molecule has 1 aliphatic rings. The lowest BCUT2D eigenvalue weighted by molar-refractivity contribution is -0.384. The van der Waals surface area contributed by atoms with E-state index in [2.05, 4.69) is 10.5 Å². The highest BCUT2D eigenvalue weighted by Gasteiger charge is 2.24. The van der Waals surface area contributed by atoms with Gasteiger partial charge in [-0.25, -0.2) is 0 Å². The van der Waals surface area contributed by atoms with Crippen LogP contribution in [0.4, 0.5) is 11.5 Å². The van der Waals surface area contributed by atoms with E-state index in [1.54, 1.807) is 17.9 Å². The Balaban J connectivity index is 1.48. The van der Waals surface area contributed by atoms with Crippen molar-refractivity contribution in [2.24, 2.45) is 0 Å². The molecule has 0 spiro atoms. The van der Waals surface area contributed by atoms with Crippen LogP contribution >= 0.6 is 0 Å². The van der Waals surface area contributed by atoms with E-state index >= 15 is 0 Å². The summed E-state index contributed by atoms with van der Waals surface area (Å²) < 4.78 is 4.90. The van der Waals surface area contributed by atoms with Crippen molar-refractivity contribution in [3.05, 3.63) is 51.8 Å². The van der Waals surface area contributed by atoms with Crippen LogP contribution in [0.5, 0.6) is 0 Å². The maximum absolute atomic E-state index is 12.5. The number of nitro groups is 1. The Morgan fingerprint density at radius 3 is 2.44 bits per heavy atom. The molecule has 10 nitrogen and oxygen atoms in total. The molecular formula is C17H19N5O5. The van der Waals surface area contributed by atoms with Crippen LogP contribution in [0.3, 0.4) is 0 Å². The van der Waals surface area contributed by atoms with Crippen LogP contribution in [0.15, 0.2) is 34.9 Å². The number of hydrogen-bond donors (Lipinski definition) is 1. The molecule has 0 saturated carbocycles. The first kappa shape index (κ1) is 18.5. The summed E-state index contributed by atoms with van der Waals surface area (Å²) in [5.41, 5.74) is 0.359. The lowest BCUT2D eigenvalue weighted by atomic mass is 10.1. The van der Waals surface area contributed by atoms with Gasteiger partial charge in [0, 0.05) is 49.9 Å². The third-order valence-electron chi connectivity index (χ3n) is 4.25. The van der Waals surface area contributed by atoms with Gasteiger partial charge in [0.2, 0.25) is 5.91 Å². The number of piperazine rings is 1. The van der Waals surface area contributed by atoms with Gasteiger partial charge < -0.3 is 14.7 Å². The van der Waals surface area contributed by atoms with Crippen LogP contribution in [0.25, 0.3) is 0 Å². The Morgan fingerprint density at radius 2 is 1.89 bits per heavy atom. The number of amides is 2. The second-order valence-electron chi connectivity index (χ2n) is 6.24. The zero-order chi connectivity index (χ0) is 19.4. The highest BCUT2D eigenvalue weighted by atomic mass is 16.6. The molecule has 0 aliphatic carbocycles. The third-order valence-corrected chi connectivity index (χ3v) is 4.25. The number of hydrogen-bond acceptors (Lipinski definition) is 7. The van der Waals surface area contributed by atoms with Gasteiger partial charge in [-0.2, -0.15) is 0 Å². The standard InChI is InChI=1S/C17H19N5O5/c1-12-10-15(19-27-12)18-16(23)11-20-6-8-21(9-7-20)17(24)13-2-4-14(5-3-13)22(25)26/h2-5,10H,6-9,11H2,1H3,(H,18,19,23). The fourth-order valence-corrected chi connectivity index (χ4v) is 2.83. The van der Waals surface area contributed by atoms with E-state index in [9.17, 15) is 19.7 Å². The molecule has 0 atom stereocenters. The molecular weight excluding hydrogens is 354 g/mol. The molecule has 2 amide bonds. The van der Waals surface area contributed by atoms with Gasteiger partial charge in [-0.1, -0.05) is 5.16 Å². The summed E-state index contributed by atoms with van der Waals surface area (Å²) >= 11 is 0. The van der Waals surface area contributed by atoms with Crippen molar-refractivity contribution in [3.8, 4) is 0 Å². The van der Waals surface area contributed by atoms with Crippen LogP contribution in [0.2, 0.25) is 0 Å². The van der Waals surface area contributed by atoms with E-state index in [1.165, 1.54) is 24.3 Å². The van der Waals surface area contributed by atoms with Crippen LogP contribution in [0, 0.1) is 17.0 Å². The molecule has 2 aromatic rings. The average molecular weight is 373 g/mol. The Hall–Kier alpha value is -3.27. The van der Waals surface area contributed by atoms with Gasteiger partial charge in [0.1, 0.15) is 5.76 Å². The van der Waals surface area contributed by atoms with Crippen molar-refractivity contribution < 1.29 is 19.0 Å². The number of anilines is 1. The first-order valence-electron chi connectivity index (χ1n) is 8.41. The Morgan fingerprint density at radius 1 is 1.22 bits per heavy atom. The van der Waals surface area contributed by atoms with Gasteiger partial charge in [0.25, 0.3) is 11.6 Å². The molecule has 10 heteroatoms. The Bertz CT molecular complexity index is 840. The molecule has 0 radical (unpaired) electrons. The van der Waals surface area contributed by atoms with Gasteiger partial charge in [-0.15, -0.1) is 0 Å². The first-order chi connectivity index (χ1) is 12.9. The van der Waals surface area contributed by atoms with Gasteiger partial charge in [-0.05, 0) is 19.1 Å². The van der Waals surface area contributed by atoms with E-state index in [-0.39, 0.29) is 24.0 Å². The SMILES string of the molecule is Cc1cc(NC(=O)CN2CCN(C(=O)c3ccc([N+](=O)[O-])cc3)CC2)no1. The van der Waals surface area contributed by atoms with E-state index in [1.807, 2.05) is 4.90 Å². The Labute approximate surface area is 154 Å². The zero-order valence-electron chi connectivity index (χ0n) is 14.8. The molecule has 27 heavy (non-hydrogen) atoms. The zero-order valence-corrected chi connectivity index (χ0v) is 14.8. The number of rotatable bonds is 5. The van der Waals surface area contributed by atoms with Gasteiger partial charge in [0.15, 0.2) is 5.82 Å². The third kappa shape index (κ3) is 4.67. The van der Waals surface area contributed by atoms with Crippen LogP contribution in [-0.4, -0.2) is 64.4 Å². The summed E-state index contributed by atoms with van der Waals surface area (Å²) in [4.78, 5) is 38.3. The lowest BCUT2D eigenvalue weighted by Gasteiger charge is -2.34. The molecule has 0 bridgehead atoms. The molecule has 2 heterocycles. The van der Waals surface area contributed by atoms with E-state index < -0.39 is 4.92 Å². The van der Waals surface area contributed by atoms with Gasteiger partial charge >= 0.3 is 0 Å². The minimum atomic E-state index is -0.502. The molecule has 1 aromatic carbocycles. The summed E-state index contributed by atoms with van der Waals surface area (Å²) in [6, 6.07) is 7.19. The second kappa shape index (κ2) is 7.96. The van der Waals surface area contributed by atoms with Crippen molar-refractivity contribution in [2.45, 2.75) is 6.92 Å². The summed E-state index contributed by atoms with van der Waals surface area (Å²) in [7, 11) is 0. The quantitative estimate of drug-likeness (QED) is 0.619. The summed E-state index contributed by atoms with van der Waals surface area (Å²) in [6.45, 7) is 4.02. The number of nitrogens with one attached hydrogen (secondary N) is 1. The van der Waals surface area contributed by atoms with Crippen LogP contribution in [-0.2, 0) is 4.79 Å². The maximum atomic E-state index is 12.5. The second-order valence-corrected chi connectivity index (χ2v) is 6.24. The molecule has 1 aliphatic heterocycles. The van der Waals surface area contributed by atoms with E-state index in [4.69, 9.17) is 4.52 Å². The van der Waals surface area contributed by atoms with E-state index in [0.717, 1.165) is 0 Å². The predicted octanol–water partition coefficient (Wildman–Crippen LogP) is 1.29. The van der Waals surface area contributed by atoms with Crippen molar-refractivity contribution in [2.75, 3.05) is 38.0 Å². The highest BCUT2D eigenvalue weighted by Crippen LogP contribution is 2.15. The van der Waals surface area contributed by atoms with Crippen molar-refractivity contribution >= 4 is 23.3 Å². The van der Waals surface area contributed by atoms with E-state index in [0.29, 0.717) is 43.3 Å². The molecule has 3 rings (SSSR count). The maximum Gasteiger partial charge on any atom is 0.269 e. The number of nitro benzene ring substituents is 1. The molecule has 142 valence electrons. The molecule has 1 saturated heterocycles. The molecule has 1 aromatic heterocycles. The van der Waals surface area contributed by atoms with Crippen molar-refractivity contribution in [3.63, 3.8) is 0 Å². The molecule has 1 fully saturated rings. The smallest absolute Gasteiger partial charge is 0.269 e. The topological polar surface area (TPSA) is 122 Å². The number of aryl methyl sites for hydroxylation is 1. The van der Waals surface area contributed by atoms with Gasteiger partial charge in [0.05, 0.1) is 11.5 Å². The highest BCUT2D eigenvalue weighted by molar-refractivity contribution is 5.94. The molecule has 1 N–H and O–H groups in total. The summed E-state index contributed by atoms with van der Waals surface area (Å²) in [5.74, 6) is 0.624. The number of non-ortho nitro benzene ring substituents is 1. The van der Waals surface area contributed by atoms with Crippen molar-refractivity contribution in [1.82, 2.24) is 15.0 Å². The largest absolute Gasteiger partial charge is 0.360 e. The molecule has 0 unspecified atom stereocenters. The fraction of sp³-hybridized carbons (Fsp3) is 0.353. The monoisotopic (exact) mass is 373 g/mol. The average Bonchev–Trinajstić information content (AvgIpc) is 3.06. The fourth-order valence-electron chi connectivity index (χ4n) is 2.83. The summed E-state index contributed by atoms with van der Waals surface area (Å²) in [5, 5.41) is 17.1. The first-order valence-corrected chi connectivity index (χ1v) is 8.41. The van der Waals surface area contributed by atoms with Crippen molar-refractivity contribution in [1.29, 1.82) is 0 Å². The van der Waals surface area contributed by atoms with Gasteiger partial charge in [-0.3, -0.25) is 24.6 Å². The predicted molar refractivity (Wildman–Crippen MR) is 95.3 cm³/mol.